The van der Waals surface area contributed by atoms with Gasteiger partial charge in [0.2, 0.25) is 0 Å². The highest BCUT2D eigenvalue weighted by Crippen LogP contribution is 2.37. The van der Waals surface area contributed by atoms with Gasteiger partial charge in [0.05, 0.1) is 17.8 Å². The van der Waals surface area contributed by atoms with Gasteiger partial charge >= 0.3 is 0 Å². The van der Waals surface area contributed by atoms with E-state index in [4.69, 9.17) is 4.74 Å². The van der Waals surface area contributed by atoms with Crippen LogP contribution in [0.2, 0.25) is 0 Å². The molecule has 4 heterocycles. The number of aromatic nitrogens is 1. The van der Waals surface area contributed by atoms with E-state index in [2.05, 4.69) is 20.9 Å². The Bertz CT molecular complexity index is 1380. The van der Waals surface area contributed by atoms with Gasteiger partial charge < -0.3 is 25.6 Å². The summed E-state index contributed by atoms with van der Waals surface area (Å²) in [5, 5.41) is 9.32. The van der Waals surface area contributed by atoms with Crippen molar-refractivity contribution in [3.8, 4) is 16.9 Å². The van der Waals surface area contributed by atoms with Gasteiger partial charge in [0, 0.05) is 50.0 Å². The average molecular weight is 490 g/mol. The molecule has 0 unspecified atom stereocenters. The molecule has 1 fully saturated rings. The van der Waals surface area contributed by atoms with Crippen LogP contribution in [0.15, 0.2) is 48.7 Å². The first kappa shape index (κ1) is 22.5. The number of rotatable bonds is 3. The third kappa shape index (κ3) is 4.05. The summed E-state index contributed by atoms with van der Waals surface area (Å²) < 4.78 is 35.2. The molecule has 0 radical (unpaired) electrons. The molecule has 36 heavy (non-hydrogen) atoms. The summed E-state index contributed by atoms with van der Waals surface area (Å²) in [6.07, 6.45) is 3.72. The molecule has 3 aliphatic heterocycles. The minimum Gasteiger partial charge on any atom is -0.491 e. The van der Waals surface area contributed by atoms with Crippen LogP contribution in [0, 0.1) is 11.6 Å². The van der Waals surface area contributed by atoms with Gasteiger partial charge in [-0.2, -0.15) is 0 Å². The lowest BCUT2D eigenvalue weighted by Crippen LogP contribution is -2.44. The SMILES string of the molecule is O=C1NCCOc2cc(C3=CCNc4ncc(-c5cc(F)c(F)c(N6CCNCC6)c5)cc43)ccc21. The highest BCUT2D eigenvalue weighted by Gasteiger charge is 2.23. The molecule has 0 aliphatic carbocycles. The van der Waals surface area contributed by atoms with E-state index in [0.717, 1.165) is 29.8 Å². The van der Waals surface area contributed by atoms with E-state index < -0.39 is 11.6 Å². The zero-order chi connectivity index (χ0) is 24.6. The molecule has 3 N–H and O–H groups in total. The van der Waals surface area contributed by atoms with Crippen LogP contribution < -0.4 is 25.6 Å². The molecule has 1 amide bonds. The lowest BCUT2D eigenvalue weighted by molar-refractivity contribution is 0.0957. The smallest absolute Gasteiger partial charge is 0.255 e. The zero-order valence-electron chi connectivity index (χ0n) is 19.5. The van der Waals surface area contributed by atoms with Gasteiger partial charge in [-0.3, -0.25) is 4.79 Å². The van der Waals surface area contributed by atoms with E-state index in [-0.39, 0.29) is 11.6 Å². The molecule has 3 aromatic rings. The summed E-state index contributed by atoms with van der Waals surface area (Å²) in [4.78, 5) is 18.8. The summed E-state index contributed by atoms with van der Waals surface area (Å²) in [6.45, 7) is 4.10. The predicted octanol–water partition coefficient (Wildman–Crippen LogP) is 3.42. The van der Waals surface area contributed by atoms with Crippen LogP contribution >= 0.6 is 0 Å². The Morgan fingerprint density at radius 1 is 0.917 bits per heavy atom. The van der Waals surface area contributed by atoms with E-state index in [1.165, 1.54) is 6.07 Å². The van der Waals surface area contributed by atoms with Crippen molar-refractivity contribution in [3.63, 3.8) is 0 Å². The number of ether oxygens (including phenoxy) is 1. The topological polar surface area (TPSA) is 78.5 Å². The number of piperazine rings is 1. The Kier molecular flexibility index (Phi) is 5.77. The van der Waals surface area contributed by atoms with Gasteiger partial charge in [-0.15, -0.1) is 0 Å². The van der Waals surface area contributed by atoms with Gasteiger partial charge in [0.1, 0.15) is 18.2 Å². The maximum Gasteiger partial charge on any atom is 0.255 e. The lowest BCUT2D eigenvalue weighted by atomic mass is 9.92. The van der Waals surface area contributed by atoms with Crippen molar-refractivity contribution in [1.29, 1.82) is 0 Å². The van der Waals surface area contributed by atoms with E-state index in [1.807, 2.05) is 29.2 Å². The molecule has 2 aromatic carbocycles. The summed E-state index contributed by atoms with van der Waals surface area (Å²) in [6, 6.07) is 10.4. The number of hydrogen-bond donors (Lipinski definition) is 3. The van der Waals surface area contributed by atoms with Crippen LogP contribution in [0.25, 0.3) is 16.7 Å². The fraction of sp³-hybridized carbons (Fsp3) is 0.259. The maximum absolute atomic E-state index is 14.7. The largest absolute Gasteiger partial charge is 0.491 e. The molecule has 7 nitrogen and oxygen atoms in total. The summed E-state index contributed by atoms with van der Waals surface area (Å²) in [5.41, 5.74) is 4.66. The van der Waals surface area contributed by atoms with Crippen molar-refractivity contribution in [2.75, 3.05) is 56.1 Å². The highest BCUT2D eigenvalue weighted by molar-refractivity contribution is 5.98. The van der Waals surface area contributed by atoms with E-state index in [0.29, 0.717) is 61.0 Å². The highest BCUT2D eigenvalue weighted by atomic mass is 19.2. The lowest BCUT2D eigenvalue weighted by Gasteiger charge is -2.30. The van der Waals surface area contributed by atoms with E-state index in [1.54, 1.807) is 18.3 Å². The predicted molar refractivity (Wildman–Crippen MR) is 135 cm³/mol. The van der Waals surface area contributed by atoms with Gasteiger partial charge in [-0.25, -0.2) is 13.8 Å². The van der Waals surface area contributed by atoms with Crippen molar-refractivity contribution in [3.05, 3.63) is 77.0 Å². The quantitative estimate of drug-likeness (QED) is 0.524. The number of fused-ring (bicyclic) bond motifs is 2. The van der Waals surface area contributed by atoms with Crippen LogP contribution in [0.1, 0.15) is 21.5 Å². The molecule has 0 bridgehead atoms. The Labute approximate surface area is 207 Å². The molecule has 0 spiro atoms. The second-order valence-corrected chi connectivity index (χ2v) is 8.96. The number of benzene rings is 2. The second kappa shape index (κ2) is 9.23. The van der Waals surface area contributed by atoms with E-state index >= 15 is 0 Å². The number of hydrogen-bond acceptors (Lipinski definition) is 6. The number of nitrogens with zero attached hydrogens (tertiary/aromatic N) is 2. The first-order valence-corrected chi connectivity index (χ1v) is 12.0. The molecule has 9 heteroatoms. The molecule has 1 saturated heterocycles. The van der Waals surface area contributed by atoms with Crippen molar-refractivity contribution in [2.45, 2.75) is 0 Å². The number of halogens is 2. The molecular formula is C27H25F2N5O2. The minimum absolute atomic E-state index is 0.156. The Hall–Kier alpha value is -3.98. The number of carbonyl (C=O) groups is 1. The summed E-state index contributed by atoms with van der Waals surface area (Å²) in [5.74, 6) is -0.628. The van der Waals surface area contributed by atoms with Crippen molar-refractivity contribution < 1.29 is 18.3 Å². The van der Waals surface area contributed by atoms with Gasteiger partial charge in [0.15, 0.2) is 11.6 Å². The molecule has 0 saturated carbocycles. The van der Waals surface area contributed by atoms with Crippen molar-refractivity contribution in [1.82, 2.24) is 15.6 Å². The first-order chi connectivity index (χ1) is 17.6. The first-order valence-electron chi connectivity index (χ1n) is 12.0. The standard InChI is InChI=1S/C27H25F2N5O2/c28-22-12-17(13-23(25(22)29)34-8-5-30-6-9-34)18-11-21-19(3-4-31-26(21)33-15-18)16-1-2-20-24(14-16)36-10-7-32-27(20)35/h1-3,11-15,30H,4-10H2,(H,31,33)(H,32,35). The van der Waals surface area contributed by atoms with Gasteiger partial charge in [0.25, 0.3) is 5.91 Å². The monoisotopic (exact) mass is 489 g/mol. The third-order valence-corrected chi connectivity index (χ3v) is 6.74. The minimum atomic E-state index is -0.881. The fourth-order valence-electron chi connectivity index (χ4n) is 4.90. The molecule has 0 atom stereocenters. The van der Waals surface area contributed by atoms with Crippen LogP contribution in [0.5, 0.6) is 5.75 Å². The summed E-state index contributed by atoms with van der Waals surface area (Å²) in [7, 11) is 0. The maximum atomic E-state index is 14.7. The van der Waals surface area contributed by atoms with E-state index in [9.17, 15) is 13.6 Å². The zero-order valence-corrected chi connectivity index (χ0v) is 19.5. The van der Waals surface area contributed by atoms with Gasteiger partial charge in [-0.05, 0) is 47.0 Å². The van der Waals surface area contributed by atoms with Crippen molar-refractivity contribution >= 4 is 23.0 Å². The molecular weight excluding hydrogens is 464 g/mol. The van der Waals surface area contributed by atoms with Crippen LogP contribution in [0.3, 0.4) is 0 Å². The number of nitrogens with one attached hydrogen (secondary N) is 3. The molecule has 3 aliphatic rings. The van der Waals surface area contributed by atoms with Crippen LogP contribution in [-0.4, -0.2) is 56.8 Å². The number of anilines is 2. The second-order valence-electron chi connectivity index (χ2n) is 8.96. The number of carbonyl (C=O) groups excluding carboxylic acids is 1. The molecule has 1 aromatic heterocycles. The van der Waals surface area contributed by atoms with Crippen molar-refractivity contribution in [2.24, 2.45) is 0 Å². The third-order valence-electron chi connectivity index (χ3n) is 6.74. The number of amides is 1. The normalized spacial score (nSPS) is 17.1. The Morgan fingerprint density at radius 3 is 2.64 bits per heavy atom. The number of pyridine rings is 1. The van der Waals surface area contributed by atoms with Crippen LogP contribution in [-0.2, 0) is 0 Å². The average Bonchev–Trinajstić information content (AvgIpc) is 3.10. The Morgan fingerprint density at radius 2 is 1.78 bits per heavy atom. The van der Waals surface area contributed by atoms with Crippen LogP contribution in [0.4, 0.5) is 20.3 Å². The van der Waals surface area contributed by atoms with Gasteiger partial charge in [-0.1, -0.05) is 12.1 Å². The molecule has 6 rings (SSSR count). The Balaban J connectivity index is 1.40. The summed E-state index contributed by atoms with van der Waals surface area (Å²) >= 11 is 0. The fourth-order valence-corrected chi connectivity index (χ4v) is 4.90. The molecule has 184 valence electrons.